The molecule has 1 aromatic heterocycles. The zero-order valence-electron chi connectivity index (χ0n) is 8.63. The lowest BCUT2D eigenvalue weighted by atomic mass is 10.4. The third-order valence-electron chi connectivity index (χ3n) is 2.63. The van der Waals surface area contributed by atoms with Crippen LogP contribution in [0, 0.1) is 20.8 Å². The van der Waals surface area contributed by atoms with Crippen molar-refractivity contribution in [3.05, 3.63) is 17.2 Å². The first kappa shape index (κ1) is 12.7. The van der Waals surface area contributed by atoms with Crippen molar-refractivity contribution in [1.29, 1.82) is 0 Å². The molecule has 1 rings (SSSR count). The normalized spacial score (nSPS) is 9.92. The van der Waals surface area contributed by atoms with Gasteiger partial charge in [0.05, 0.1) is 13.7 Å². The summed E-state index contributed by atoms with van der Waals surface area (Å²) < 4.78 is 4.28. The van der Waals surface area contributed by atoms with E-state index in [0.29, 0.717) is 6.54 Å². The minimum absolute atomic E-state index is 0. The van der Waals surface area contributed by atoms with E-state index in [9.17, 15) is 0 Å². The van der Waals surface area contributed by atoms with Crippen LogP contribution in [-0.2, 0) is 13.6 Å². The number of aliphatic hydroxyl groups excluding tert-OH is 1. The molecular formula is C9H17BrN2O. The van der Waals surface area contributed by atoms with Gasteiger partial charge in [-0.25, -0.2) is 9.13 Å². The van der Waals surface area contributed by atoms with Crippen LogP contribution >= 0.6 is 0 Å². The molecule has 13 heavy (non-hydrogen) atoms. The Balaban J connectivity index is 0.00000144. The molecule has 1 heterocycles. The van der Waals surface area contributed by atoms with Gasteiger partial charge in [0.2, 0.25) is 0 Å². The summed E-state index contributed by atoms with van der Waals surface area (Å²) in [6.07, 6.45) is 0. The fraction of sp³-hybridized carbons (Fsp3) is 0.667. The van der Waals surface area contributed by atoms with E-state index >= 15 is 0 Å². The Hall–Kier alpha value is -0.350. The minimum Gasteiger partial charge on any atom is -1.00 e. The van der Waals surface area contributed by atoms with E-state index in [1.807, 2.05) is 7.05 Å². The molecular weight excluding hydrogens is 232 g/mol. The van der Waals surface area contributed by atoms with Crippen LogP contribution < -0.4 is 21.5 Å². The van der Waals surface area contributed by atoms with E-state index in [1.165, 1.54) is 17.2 Å². The highest BCUT2D eigenvalue weighted by Gasteiger charge is 2.18. The van der Waals surface area contributed by atoms with E-state index in [1.54, 1.807) is 0 Å². The average molecular weight is 249 g/mol. The maximum atomic E-state index is 8.84. The predicted molar refractivity (Wildman–Crippen MR) is 46.9 cm³/mol. The highest BCUT2D eigenvalue weighted by Crippen LogP contribution is 2.05. The molecule has 76 valence electrons. The predicted octanol–water partition coefficient (Wildman–Crippen LogP) is -2.77. The molecule has 0 unspecified atom stereocenters. The van der Waals surface area contributed by atoms with Crippen LogP contribution in [0.25, 0.3) is 0 Å². The molecule has 0 saturated carbocycles. The van der Waals surface area contributed by atoms with Crippen LogP contribution in [0.5, 0.6) is 0 Å². The maximum absolute atomic E-state index is 8.84. The Morgan fingerprint density at radius 1 is 1.31 bits per heavy atom. The third-order valence-corrected chi connectivity index (χ3v) is 2.63. The van der Waals surface area contributed by atoms with Crippen molar-refractivity contribution in [2.75, 3.05) is 6.61 Å². The van der Waals surface area contributed by atoms with Gasteiger partial charge in [-0.1, -0.05) is 0 Å². The molecule has 1 aromatic rings. The van der Waals surface area contributed by atoms with E-state index in [2.05, 4.69) is 29.9 Å². The largest absolute Gasteiger partial charge is 1.00 e. The Kier molecular flexibility index (Phi) is 4.64. The minimum atomic E-state index is 0. The molecule has 0 aromatic carbocycles. The molecule has 0 bridgehead atoms. The van der Waals surface area contributed by atoms with Crippen LogP contribution in [0.4, 0.5) is 0 Å². The first-order chi connectivity index (χ1) is 5.59. The fourth-order valence-corrected chi connectivity index (χ4v) is 1.53. The zero-order chi connectivity index (χ0) is 9.30. The molecule has 3 nitrogen and oxygen atoms in total. The second-order valence-electron chi connectivity index (χ2n) is 3.15. The fourth-order valence-electron chi connectivity index (χ4n) is 1.53. The van der Waals surface area contributed by atoms with Crippen LogP contribution in [0.2, 0.25) is 0 Å². The summed E-state index contributed by atoms with van der Waals surface area (Å²) in [5, 5.41) is 8.84. The van der Waals surface area contributed by atoms with Gasteiger partial charge in [0.1, 0.15) is 17.9 Å². The molecule has 0 amide bonds. The first-order valence-electron chi connectivity index (χ1n) is 4.22. The average Bonchev–Trinajstić information content (AvgIpc) is 2.23. The molecule has 0 saturated heterocycles. The number of aromatic nitrogens is 2. The number of rotatable bonds is 2. The highest BCUT2D eigenvalue weighted by atomic mass is 79.9. The van der Waals surface area contributed by atoms with E-state index in [4.69, 9.17) is 5.11 Å². The summed E-state index contributed by atoms with van der Waals surface area (Å²) in [6.45, 7) is 7.14. The van der Waals surface area contributed by atoms with E-state index in [-0.39, 0.29) is 23.6 Å². The van der Waals surface area contributed by atoms with Crippen molar-refractivity contribution in [3.8, 4) is 0 Å². The highest BCUT2D eigenvalue weighted by molar-refractivity contribution is 5.06. The summed E-state index contributed by atoms with van der Waals surface area (Å²) in [5.41, 5.74) is 2.50. The van der Waals surface area contributed by atoms with Crippen LogP contribution in [0.1, 0.15) is 17.2 Å². The van der Waals surface area contributed by atoms with Gasteiger partial charge in [-0.15, -0.1) is 0 Å². The third kappa shape index (κ3) is 2.11. The molecule has 0 aliphatic heterocycles. The summed E-state index contributed by atoms with van der Waals surface area (Å²) in [5.74, 6) is 1.19. The first-order valence-corrected chi connectivity index (χ1v) is 4.22. The van der Waals surface area contributed by atoms with Crippen molar-refractivity contribution in [3.63, 3.8) is 0 Å². The van der Waals surface area contributed by atoms with Crippen LogP contribution in [0.15, 0.2) is 0 Å². The van der Waals surface area contributed by atoms with Gasteiger partial charge in [-0.05, 0) is 0 Å². The number of aliphatic hydroxyl groups is 1. The van der Waals surface area contributed by atoms with E-state index < -0.39 is 0 Å². The molecule has 1 N–H and O–H groups in total. The Morgan fingerprint density at radius 3 is 2.15 bits per heavy atom. The summed E-state index contributed by atoms with van der Waals surface area (Å²) in [4.78, 5) is 0. The zero-order valence-corrected chi connectivity index (χ0v) is 10.2. The van der Waals surface area contributed by atoms with Gasteiger partial charge < -0.3 is 22.1 Å². The SMILES string of the molecule is Cc1c(C)[n+](C)c(C)n1CCO.[Br-]. The van der Waals surface area contributed by atoms with Gasteiger partial charge in [-0.2, -0.15) is 0 Å². The Morgan fingerprint density at radius 2 is 1.85 bits per heavy atom. The van der Waals surface area contributed by atoms with Crippen molar-refractivity contribution in [2.24, 2.45) is 7.05 Å². The second kappa shape index (κ2) is 4.77. The molecule has 0 fully saturated rings. The number of nitrogens with zero attached hydrogens (tertiary/aromatic N) is 2. The van der Waals surface area contributed by atoms with Gasteiger partial charge in [0.15, 0.2) is 0 Å². The van der Waals surface area contributed by atoms with Gasteiger partial charge >= 0.3 is 0 Å². The van der Waals surface area contributed by atoms with Crippen molar-refractivity contribution >= 4 is 0 Å². The summed E-state index contributed by atoms with van der Waals surface area (Å²) in [7, 11) is 2.05. The van der Waals surface area contributed by atoms with Crippen LogP contribution in [-0.4, -0.2) is 16.3 Å². The number of hydrogen-bond donors (Lipinski definition) is 1. The second-order valence-corrected chi connectivity index (χ2v) is 3.15. The number of hydrogen-bond acceptors (Lipinski definition) is 1. The lowest BCUT2D eigenvalue weighted by molar-refractivity contribution is -0.683. The molecule has 0 atom stereocenters. The van der Waals surface area contributed by atoms with Crippen molar-refractivity contribution in [2.45, 2.75) is 27.3 Å². The smallest absolute Gasteiger partial charge is 0.253 e. The summed E-state index contributed by atoms with van der Waals surface area (Å²) >= 11 is 0. The molecule has 0 spiro atoms. The van der Waals surface area contributed by atoms with E-state index in [0.717, 1.165) is 0 Å². The monoisotopic (exact) mass is 248 g/mol. The molecule has 0 aliphatic carbocycles. The Labute approximate surface area is 89.8 Å². The van der Waals surface area contributed by atoms with Crippen LogP contribution in [0.3, 0.4) is 0 Å². The summed E-state index contributed by atoms with van der Waals surface area (Å²) in [6, 6.07) is 0. The quantitative estimate of drug-likeness (QED) is 0.565. The maximum Gasteiger partial charge on any atom is 0.253 e. The number of imidazole rings is 1. The van der Waals surface area contributed by atoms with Gasteiger partial charge in [0, 0.05) is 20.8 Å². The van der Waals surface area contributed by atoms with Gasteiger partial charge in [0.25, 0.3) is 5.82 Å². The van der Waals surface area contributed by atoms with Crippen molar-refractivity contribution < 1.29 is 26.7 Å². The standard InChI is InChI=1S/C9H17N2O.BrH/c1-7-8(2)11(5-6-12)9(3)10(7)4;/h12H,5-6H2,1-4H3;1H/q+1;/p-1. The topological polar surface area (TPSA) is 29.0 Å². The molecule has 0 aliphatic rings. The lowest BCUT2D eigenvalue weighted by Gasteiger charge is -1.96. The van der Waals surface area contributed by atoms with Gasteiger partial charge in [-0.3, -0.25) is 0 Å². The lowest BCUT2D eigenvalue weighted by Crippen LogP contribution is -3.00. The molecule has 4 heteroatoms. The number of halogens is 1. The molecule has 0 radical (unpaired) electrons. The van der Waals surface area contributed by atoms with Crippen molar-refractivity contribution in [1.82, 2.24) is 4.57 Å². The Bertz CT molecular complexity index is 269.